The molecule has 3 unspecified atom stereocenters. The lowest BCUT2D eigenvalue weighted by molar-refractivity contribution is -0.340. The average Bonchev–Trinajstić information content (AvgIpc) is 2.87. The minimum atomic E-state index is -1.95. The molecular weight excluding hydrogens is 504 g/mol. The normalized spacial score (nSPS) is 42.7. The second-order valence-electron chi connectivity index (χ2n) is 12.6. The van der Waals surface area contributed by atoms with Gasteiger partial charge in [0.1, 0.15) is 23.9 Å². The van der Waals surface area contributed by atoms with Crippen molar-refractivity contribution in [3.05, 3.63) is 47.0 Å². The van der Waals surface area contributed by atoms with Crippen molar-refractivity contribution in [2.45, 2.75) is 90.0 Å². The van der Waals surface area contributed by atoms with Crippen molar-refractivity contribution in [3.8, 4) is 0 Å². The quantitative estimate of drug-likeness (QED) is 0.388. The number of ketones is 1. The van der Waals surface area contributed by atoms with Crippen molar-refractivity contribution >= 4 is 17.7 Å². The van der Waals surface area contributed by atoms with Crippen LogP contribution in [0.1, 0.15) is 64.7 Å². The van der Waals surface area contributed by atoms with E-state index in [4.69, 9.17) is 14.2 Å². The van der Waals surface area contributed by atoms with E-state index in [9.17, 15) is 29.7 Å². The molecule has 0 aromatic heterocycles. The molecule has 3 aliphatic carbocycles. The van der Waals surface area contributed by atoms with Gasteiger partial charge >= 0.3 is 11.9 Å². The van der Waals surface area contributed by atoms with Crippen molar-refractivity contribution in [2.24, 2.45) is 22.7 Å². The Morgan fingerprint density at radius 2 is 1.74 bits per heavy atom. The van der Waals surface area contributed by atoms with Gasteiger partial charge in [0, 0.05) is 24.2 Å². The third kappa shape index (κ3) is 3.63. The lowest BCUT2D eigenvalue weighted by atomic mass is 9.43. The number of carbonyl (C=O) groups is 3. The summed E-state index contributed by atoms with van der Waals surface area (Å²) in [5.41, 5.74) is -5.19. The molecule has 9 heteroatoms. The smallest absolute Gasteiger partial charge is 0.338 e. The molecule has 2 saturated carbocycles. The Labute approximate surface area is 228 Å². The first-order valence-corrected chi connectivity index (χ1v) is 13.5. The van der Waals surface area contributed by atoms with Gasteiger partial charge in [0.05, 0.1) is 24.2 Å². The number of Topliss-reactive ketones (excluding diaryl/α,β-unsaturated/α-hetero) is 1. The number of benzene rings is 1. The van der Waals surface area contributed by atoms with Crippen molar-refractivity contribution < 1.29 is 43.9 Å². The van der Waals surface area contributed by atoms with Gasteiger partial charge in [-0.1, -0.05) is 45.9 Å². The van der Waals surface area contributed by atoms with Crippen molar-refractivity contribution in [2.75, 3.05) is 6.61 Å². The van der Waals surface area contributed by atoms with Crippen LogP contribution in [0.15, 0.2) is 41.5 Å². The summed E-state index contributed by atoms with van der Waals surface area (Å²) >= 11 is 0. The monoisotopic (exact) mass is 542 g/mol. The van der Waals surface area contributed by atoms with E-state index in [2.05, 4.69) is 0 Å². The SMILES string of the molecule is CC(=O)O[C@@]12CO[C@@H]1CC(C)[C@@]1(C)C(=O)C(O)C3=C(C)[C@@H](O)C[C@@](O)([C@@H](OC(=O)c4ccccc4)C12)C3(C)C. The van der Waals surface area contributed by atoms with Crippen LogP contribution in [0.3, 0.4) is 0 Å². The van der Waals surface area contributed by atoms with Gasteiger partial charge in [-0.3, -0.25) is 9.59 Å². The predicted molar refractivity (Wildman–Crippen MR) is 138 cm³/mol. The topological polar surface area (TPSA) is 140 Å². The van der Waals surface area contributed by atoms with Gasteiger partial charge in [-0.25, -0.2) is 4.79 Å². The highest BCUT2D eigenvalue weighted by Crippen LogP contribution is 2.65. The highest BCUT2D eigenvalue weighted by molar-refractivity contribution is 5.93. The van der Waals surface area contributed by atoms with E-state index in [0.29, 0.717) is 12.0 Å². The molecule has 1 aliphatic heterocycles. The summed E-state index contributed by atoms with van der Waals surface area (Å²) in [7, 11) is 0. The van der Waals surface area contributed by atoms with E-state index in [1.807, 2.05) is 6.92 Å². The molecule has 9 atom stereocenters. The first kappa shape index (κ1) is 28.0. The van der Waals surface area contributed by atoms with Crippen molar-refractivity contribution in [1.82, 2.24) is 0 Å². The average molecular weight is 543 g/mol. The van der Waals surface area contributed by atoms with E-state index in [-0.39, 0.29) is 24.2 Å². The Morgan fingerprint density at radius 1 is 1.10 bits per heavy atom. The predicted octanol–water partition coefficient (Wildman–Crippen LogP) is 2.36. The molecule has 3 N–H and O–H groups in total. The summed E-state index contributed by atoms with van der Waals surface area (Å²) in [4.78, 5) is 40.6. The van der Waals surface area contributed by atoms with E-state index in [1.54, 1.807) is 58.0 Å². The van der Waals surface area contributed by atoms with E-state index in [0.717, 1.165) is 0 Å². The van der Waals surface area contributed by atoms with Crippen LogP contribution >= 0.6 is 0 Å². The second-order valence-corrected chi connectivity index (χ2v) is 12.6. The number of hydrogen-bond acceptors (Lipinski definition) is 9. The maximum Gasteiger partial charge on any atom is 0.338 e. The van der Waals surface area contributed by atoms with Gasteiger partial charge in [0.25, 0.3) is 0 Å². The molecule has 5 rings (SSSR count). The summed E-state index contributed by atoms with van der Waals surface area (Å²) in [6.45, 7) is 9.76. The number of rotatable bonds is 3. The largest absolute Gasteiger partial charge is 0.455 e. The molecule has 0 amide bonds. The summed E-state index contributed by atoms with van der Waals surface area (Å²) in [5.74, 6) is -3.34. The van der Waals surface area contributed by atoms with Crippen LogP contribution in [0.4, 0.5) is 0 Å². The summed E-state index contributed by atoms with van der Waals surface area (Å²) in [6, 6.07) is 8.29. The number of hydrogen-bond donors (Lipinski definition) is 3. The molecule has 4 aliphatic rings. The molecule has 0 spiro atoms. The van der Waals surface area contributed by atoms with Crippen LogP contribution < -0.4 is 0 Å². The Kier molecular flexibility index (Phi) is 6.42. The summed E-state index contributed by atoms with van der Waals surface area (Å²) in [6.07, 6.45) is -4.70. The standard InChI is InChI=1S/C30H38O9/c1-15-12-20-29(14-37-20,39-17(3)31)23-25(38-26(35)18-10-8-7-9-11-18)30(36)13-19(32)16(2)21(27(30,4)5)22(33)24(34)28(15,23)6/h7-11,15,19-20,22-23,25,32-33,36H,12-14H2,1-6H3/t15?,19-,20+,22?,23?,25-,28+,29-,30+/m0/s1. The fourth-order valence-corrected chi connectivity index (χ4v) is 7.96. The minimum absolute atomic E-state index is 0.0617. The van der Waals surface area contributed by atoms with E-state index >= 15 is 0 Å². The molecular formula is C30H38O9. The third-order valence-electron chi connectivity index (χ3n) is 10.4. The van der Waals surface area contributed by atoms with Gasteiger partial charge in [-0.15, -0.1) is 0 Å². The second kappa shape index (κ2) is 8.96. The fraction of sp³-hybridized carbons (Fsp3) is 0.633. The van der Waals surface area contributed by atoms with Gasteiger partial charge in [-0.2, -0.15) is 0 Å². The highest BCUT2D eigenvalue weighted by atomic mass is 16.6. The van der Waals surface area contributed by atoms with Crippen molar-refractivity contribution in [1.29, 1.82) is 0 Å². The molecule has 1 saturated heterocycles. The molecule has 39 heavy (non-hydrogen) atoms. The fourth-order valence-electron chi connectivity index (χ4n) is 7.96. The van der Waals surface area contributed by atoms with Crippen LogP contribution in [-0.4, -0.2) is 75.3 Å². The van der Waals surface area contributed by atoms with Crippen LogP contribution in [-0.2, 0) is 23.8 Å². The number of esters is 2. The maximum atomic E-state index is 14.4. The van der Waals surface area contributed by atoms with Crippen LogP contribution in [0.2, 0.25) is 0 Å². The van der Waals surface area contributed by atoms with E-state index < -0.39 is 76.0 Å². The van der Waals surface area contributed by atoms with Gasteiger partial charge < -0.3 is 29.5 Å². The Morgan fingerprint density at radius 3 is 2.31 bits per heavy atom. The molecule has 1 heterocycles. The molecule has 2 bridgehead atoms. The lowest BCUT2D eigenvalue weighted by Gasteiger charge is -2.67. The summed E-state index contributed by atoms with van der Waals surface area (Å²) < 4.78 is 18.1. The zero-order valence-electron chi connectivity index (χ0n) is 23.3. The zero-order chi connectivity index (χ0) is 28.7. The maximum absolute atomic E-state index is 14.4. The lowest BCUT2D eigenvalue weighted by Crippen LogP contribution is -2.80. The van der Waals surface area contributed by atoms with Gasteiger partial charge in [-0.05, 0) is 42.5 Å². The van der Waals surface area contributed by atoms with Crippen LogP contribution in [0.5, 0.6) is 0 Å². The minimum Gasteiger partial charge on any atom is -0.455 e. The van der Waals surface area contributed by atoms with Crippen LogP contribution in [0, 0.1) is 22.7 Å². The first-order valence-electron chi connectivity index (χ1n) is 13.5. The Hall–Kier alpha value is -2.59. The molecule has 1 aromatic carbocycles. The first-order chi connectivity index (χ1) is 18.1. The third-order valence-corrected chi connectivity index (χ3v) is 10.4. The number of ether oxygens (including phenoxy) is 3. The Balaban J connectivity index is 1.81. The van der Waals surface area contributed by atoms with Crippen LogP contribution in [0.25, 0.3) is 0 Å². The van der Waals surface area contributed by atoms with Gasteiger partial charge in [0.15, 0.2) is 11.4 Å². The molecule has 212 valence electrons. The molecule has 9 nitrogen and oxygen atoms in total. The summed E-state index contributed by atoms with van der Waals surface area (Å²) in [5, 5.41) is 35.5. The molecule has 0 radical (unpaired) electrons. The zero-order valence-corrected chi connectivity index (χ0v) is 23.3. The Bertz CT molecular complexity index is 1240. The van der Waals surface area contributed by atoms with E-state index in [1.165, 1.54) is 6.92 Å². The number of aliphatic hydroxyl groups excluding tert-OH is 2. The highest BCUT2D eigenvalue weighted by Gasteiger charge is 2.77. The number of fused-ring (bicyclic) bond motifs is 5. The molecule has 3 fully saturated rings. The van der Waals surface area contributed by atoms with Gasteiger partial charge in [0.2, 0.25) is 0 Å². The number of aliphatic hydroxyl groups is 3. The number of carbonyl (C=O) groups excluding carboxylic acids is 3. The van der Waals surface area contributed by atoms with Crippen molar-refractivity contribution in [3.63, 3.8) is 0 Å². The molecule has 1 aromatic rings.